The molecule has 29 heavy (non-hydrogen) atoms. The number of hydrogen-bond acceptors (Lipinski definition) is 4. The molecule has 2 saturated heterocycles. The van der Waals surface area contributed by atoms with Gasteiger partial charge in [0.05, 0.1) is 19.8 Å². The Morgan fingerprint density at radius 3 is 2.69 bits per heavy atom. The summed E-state index contributed by atoms with van der Waals surface area (Å²) in [6.45, 7) is 2.62. The number of hydrogen-bond donors (Lipinski definition) is 2. The Kier molecular flexibility index (Phi) is 5.80. The average molecular weight is 398 g/mol. The Morgan fingerprint density at radius 1 is 1.10 bits per heavy atom. The van der Waals surface area contributed by atoms with Crippen molar-refractivity contribution in [3.8, 4) is 0 Å². The van der Waals surface area contributed by atoms with E-state index in [0.717, 1.165) is 23.7 Å². The second-order valence-electron chi connectivity index (χ2n) is 7.49. The number of likely N-dealkylation sites (tertiary alicyclic amines) is 1. The second-order valence-corrected chi connectivity index (χ2v) is 7.49. The van der Waals surface area contributed by atoms with E-state index in [0.29, 0.717) is 45.0 Å². The molecule has 0 spiro atoms. The molecule has 1 atom stereocenters. The molecule has 0 saturated carbocycles. The molecular formula is C21H26N4O4. The van der Waals surface area contributed by atoms with Crippen LogP contribution in [0.2, 0.25) is 0 Å². The summed E-state index contributed by atoms with van der Waals surface area (Å²) in [6, 6.07) is 8.94. The highest BCUT2D eigenvalue weighted by molar-refractivity contribution is 5.99. The van der Waals surface area contributed by atoms with Crippen molar-refractivity contribution >= 4 is 28.6 Å². The first kappa shape index (κ1) is 19.4. The summed E-state index contributed by atoms with van der Waals surface area (Å²) in [5, 5.41) is 3.63. The van der Waals surface area contributed by atoms with E-state index in [-0.39, 0.29) is 24.3 Å². The summed E-state index contributed by atoms with van der Waals surface area (Å²) in [5.41, 5.74) is 1.29. The zero-order valence-corrected chi connectivity index (χ0v) is 16.4. The molecular weight excluding hydrogens is 372 g/mol. The van der Waals surface area contributed by atoms with Gasteiger partial charge in [-0.1, -0.05) is 18.2 Å². The van der Waals surface area contributed by atoms with Gasteiger partial charge in [0.25, 0.3) is 5.91 Å². The number of piperidine rings is 1. The van der Waals surface area contributed by atoms with Crippen LogP contribution in [-0.4, -0.2) is 77.9 Å². The molecule has 1 aromatic carbocycles. The van der Waals surface area contributed by atoms with E-state index in [1.54, 1.807) is 15.9 Å². The fourth-order valence-electron chi connectivity index (χ4n) is 4.03. The van der Waals surface area contributed by atoms with Crippen LogP contribution in [0.25, 0.3) is 10.9 Å². The third-order valence-corrected chi connectivity index (χ3v) is 5.61. The second kappa shape index (κ2) is 8.65. The van der Waals surface area contributed by atoms with Crippen molar-refractivity contribution in [1.29, 1.82) is 0 Å². The van der Waals surface area contributed by atoms with Crippen LogP contribution in [-0.2, 0) is 14.3 Å². The van der Waals surface area contributed by atoms with E-state index in [9.17, 15) is 14.4 Å². The van der Waals surface area contributed by atoms with Crippen LogP contribution in [0.4, 0.5) is 0 Å². The highest BCUT2D eigenvalue weighted by Crippen LogP contribution is 2.20. The molecule has 2 aromatic rings. The third kappa shape index (κ3) is 4.27. The molecule has 0 bridgehead atoms. The number of carbonyl (C=O) groups is 3. The van der Waals surface area contributed by atoms with E-state index in [1.807, 2.05) is 24.3 Å². The Bertz CT molecular complexity index is 870. The lowest BCUT2D eigenvalue weighted by Gasteiger charge is -2.38. The van der Waals surface area contributed by atoms with Crippen molar-refractivity contribution in [3.63, 3.8) is 0 Å². The van der Waals surface area contributed by atoms with Crippen LogP contribution in [0.5, 0.6) is 0 Å². The molecule has 4 rings (SSSR count). The first-order chi connectivity index (χ1) is 14.1. The van der Waals surface area contributed by atoms with E-state index < -0.39 is 6.04 Å². The molecule has 2 aliphatic rings. The van der Waals surface area contributed by atoms with Crippen molar-refractivity contribution in [3.05, 3.63) is 36.0 Å². The molecule has 2 aliphatic heterocycles. The zero-order chi connectivity index (χ0) is 20.2. The minimum atomic E-state index is -0.445. The van der Waals surface area contributed by atoms with Crippen molar-refractivity contribution in [2.45, 2.75) is 25.3 Å². The maximum absolute atomic E-state index is 12.9. The minimum Gasteiger partial charge on any atom is -0.378 e. The summed E-state index contributed by atoms with van der Waals surface area (Å²) in [5.74, 6) is -0.563. The number of fused-ring (bicyclic) bond motifs is 1. The van der Waals surface area contributed by atoms with Crippen molar-refractivity contribution in [2.24, 2.45) is 0 Å². The number of aromatic nitrogens is 1. The van der Waals surface area contributed by atoms with E-state index in [4.69, 9.17) is 4.74 Å². The number of carbonyl (C=O) groups excluding carboxylic acids is 3. The molecule has 154 valence electrons. The number of morpholine rings is 1. The van der Waals surface area contributed by atoms with Crippen LogP contribution in [0.15, 0.2) is 30.3 Å². The smallest absolute Gasteiger partial charge is 0.268 e. The third-order valence-electron chi connectivity index (χ3n) is 5.61. The van der Waals surface area contributed by atoms with Crippen LogP contribution in [0.1, 0.15) is 29.8 Å². The molecule has 3 heterocycles. The summed E-state index contributed by atoms with van der Waals surface area (Å²) in [7, 11) is 0. The van der Waals surface area contributed by atoms with Gasteiger partial charge in [-0.05, 0) is 31.4 Å². The molecule has 1 unspecified atom stereocenters. The zero-order valence-electron chi connectivity index (χ0n) is 16.4. The molecule has 8 heteroatoms. The van der Waals surface area contributed by atoms with Crippen LogP contribution < -0.4 is 5.32 Å². The number of rotatable bonds is 4. The first-order valence-electron chi connectivity index (χ1n) is 10.2. The fraction of sp³-hybridized carbons (Fsp3) is 0.476. The summed E-state index contributed by atoms with van der Waals surface area (Å²) in [6.07, 6.45) is 2.46. The van der Waals surface area contributed by atoms with Crippen molar-refractivity contribution in [2.75, 3.05) is 39.4 Å². The number of nitrogens with zero attached hydrogens (tertiary/aromatic N) is 2. The Balaban J connectivity index is 1.38. The van der Waals surface area contributed by atoms with Crippen LogP contribution in [0.3, 0.4) is 0 Å². The SMILES string of the molecule is O=C(NCC(=O)N1CCCCC1C(=O)N1CCOCC1)c1cc2ccccc2[nH]1. The monoisotopic (exact) mass is 398 g/mol. The van der Waals surface area contributed by atoms with Crippen molar-refractivity contribution < 1.29 is 19.1 Å². The van der Waals surface area contributed by atoms with Crippen molar-refractivity contribution in [1.82, 2.24) is 20.1 Å². The van der Waals surface area contributed by atoms with E-state index in [2.05, 4.69) is 10.3 Å². The summed E-state index contributed by atoms with van der Waals surface area (Å²) < 4.78 is 5.32. The van der Waals surface area contributed by atoms with Gasteiger partial charge >= 0.3 is 0 Å². The predicted molar refractivity (Wildman–Crippen MR) is 107 cm³/mol. The van der Waals surface area contributed by atoms with Gasteiger partial charge in [0, 0.05) is 30.5 Å². The molecule has 3 amide bonds. The van der Waals surface area contributed by atoms with Gasteiger partial charge in [-0.3, -0.25) is 14.4 Å². The van der Waals surface area contributed by atoms with Gasteiger partial charge < -0.3 is 24.8 Å². The Morgan fingerprint density at radius 2 is 1.90 bits per heavy atom. The maximum atomic E-state index is 12.9. The lowest BCUT2D eigenvalue weighted by atomic mass is 10.0. The Labute approximate surface area is 169 Å². The molecule has 1 aromatic heterocycles. The average Bonchev–Trinajstić information content (AvgIpc) is 3.22. The van der Waals surface area contributed by atoms with Gasteiger partial charge in [0.1, 0.15) is 11.7 Å². The van der Waals surface area contributed by atoms with Gasteiger partial charge in [0.2, 0.25) is 11.8 Å². The van der Waals surface area contributed by atoms with E-state index >= 15 is 0 Å². The van der Waals surface area contributed by atoms with Crippen LogP contribution in [0, 0.1) is 0 Å². The number of para-hydroxylation sites is 1. The first-order valence-corrected chi connectivity index (χ1v) is 10.2. The molecule has 0 radical (unpaired) electrons. The Hall–Kier alpha value is -2.87. The molecule has 0 aliphatic carbocycles. The predicted octanol–water partition coefficient (Wildman–Crippen LogP) is 1.14. The van der Waals surface area contributed by atoms with Gasteiger partial charge in [0.15, 0.2) is 0 Å². The lowest BCUT2D eigenvalue weighted by Crippen LogP contribution is -2.56. The highest BCUT2D eigenvalue weighted by atomic mass is 16.5. The largest absolute Gasteiger partial charge is 0.378 e. The van der Waals surface area contributed by atoms with E-state index in [1.165, 1.54) is 0 Å². The molecule has 8 nitrogen and oxygen atoms in total. The minimum absolute atomic E-state index is 0.0108. The van der Waals surface area contributed by atoms with Gasteiger partial charge in [-0.2, -0.15) is 0 Å². The lowest BCUT2D eigenvalue weighted by molar-refractivity contribution is -0.149. The standard InChI is InChI=1S/C21H26N4O4/c26-19(14-22-20(27)17-13-15-5-1-2-6-16(15)23-17)25-8-4-3-7-18(25)21(28)24-9-11-29-12-10-24/h1-2,5-6,13,18,23H,3-4,7-12,14H2,(H,22,27). The number of benzene rings is 1. The summed E-state index contributed by atoms with van der Waals surface area (Å²) in [4.78, 5) is 44.7. The number of ether oxygens (including phenoxy) is 1. The van der Waals surface area contributed by atoms with Gasteiger partial charge in [-0.15, -0.1) is 0 Å². The van der Waals surface area contributed by atoms with Gasteiger partial charge in [-0.25, -0.2) is 0 Å². The number of amides is 3. The van der Waals surface area contributed by atoms with Crippen LogP contribution >= 0.6 is 0 Å². The topological polar surface area (TPSA) is 94.7 Å². The summed E-state index contributed by atoms with van der Waals surface area (Å²) >= 11 is 0. The molecule has 2 N–H and O–H groups in total. The number of aromatic amines is 1. The number of nitrogens with one attached hydrogen (secondary N) is 2. The maximum Gasteiger partial charge on any atom is 0.268 e. The number of H-pyrrole nitrogens is 1. The fourth-order valence-corrected chi connectivity index (χ4v) is 4.03. The highest BCUT2D eigenvalue weighted by Gasteiger charge is 2.35. The normalized spacial score (nSPS) is 19.9. The quantitative estimate of drug-likeness (QED) is 0.807. The molecule has 2 fully saturated rings.